The summed E-state index contributed by atoms with van der Waals surface area (Å²) in [5.74, 6) is -0.461. The maximum atomic E-state index is 10.3. The Labute approximate surface area is 67.9 Å². The molecule has 0 spiro atoms. The number of nitrogens with zero attached hydrogens (tertiary/aromatic N) is 1. The molecule has 1 aromatic carbocycles. The van der Waals surface area contributed by atoms with Crippen molar-refractivity contribution >= 4 is 11.9 Å². The lowest BCUT2D eigenvalue weighted by Gasteiger charge is -1.97. The Morgan fingerprint density at radius 3 is 2.75 bits per heavy atom. The molecule has 0 unspecified atom stereocenters. The van der Waals surface area contributed by atoms with Gasteiger partial charge in [0.05, 0.1) is 4.92 Å². The van der Waals surface area contributed by atoms with Crippen molar-refractivity contribution < 1.29 is 10.0 Å². The molecule has 0 heterocycles. The standard InChI is InChI=1S/C7H6N2O3/c8-4-5-2-1-3-6(7(5)10)9(11)12/h1-4,8,10H. The molecule has 0 radical (unpaired) electrons. The molecule has 0 aliphatic heterocycles. The number of nitrogens with one attached hydrogen (secondary N) is 1. The van der Waals surface area contributed by atoms with E-state index in [-0.39, 0.29) is 11.3 Å². The minimum atomic E-state index is -0.692. The van der Waals surface area contributed by atoms with Gasteiger partial charge in [-0.25, -0.2) is 0 Å². The number of nitro groups is 1. The summed E-state index contributed by atoms with van der Waals surface area (Å²) in [7, 11) is 0. The molecule has 0 atom stereocenters. The zero-order valence-electron chi connectivity index (χ0n) is 6.02. The van der Waals surface area contributed by atoms with Gasteiger partial charge in [-0.3, -0.25) is 10.1 Å². The van der Waals surface area contributed by atoms with Crippen LogP contribution < -0.4 is 0 Å². The van der Waals surface area contributed by atoms with Crippen molar-refractivity contribution in [3.05, 3.63) is 33.9 Å². The number of rotatable bonds is 2. The van der Waals surface area contributed by atoms with Crippen LogP contribution in [-0.4, -0.2) is 16.2 Å². The Morgan fingerprint density at radius 1 is 1.58 bits per heavy atom. The summed E-state index contributed by atoms with van der Waals surface area (Å²) in [4.78, 5) is 9.57. The van der Waals surface area contributed by atoms with Gasteiger partial charge in [0.25, 0.3) is 0 Å². The molecule has 2 N–H and O–H groups in total. The number of hydrogen-bond acceptors (Lipinski definition) is 4. The Bertz CT molecular complexity index is 335. The van der Waals surface area contributed by atoms with Gasteiger partial charge in [-0.2, -0.15) is 0 Å². The Morgan fingerprint density at radius 2 is 2.25 bits per heavy atom. The normalized spacial score (nSPS) is 9.33. The first-order valence-corrected chi connectivity index (χ1v) is 3.13. The van der Waals surface area contributed by atoms with Gasteiger partial charge in [-0.05, 0) is 6.07 Å². The molecule has 12 heavy (non-hydrogen) atoms. The average molecular weight is 166 g/mol. The first-order chi connectivity index (χ1) is 5.66. The monoisotopic (exact) mass is 166 g/mol. The predicted molar refractivity (Wildman–Crippen MR) is 42.6 cm³/mol. The SMILES string of the molecule is N=Cc1cccc([N+](=O)[O-])c1O. The van der Waals surface area contributed by atoms with Gasteiger partial charge >= 0.3 is 5.69 Å². The van der Waals surface area contributed by atoms with E-state index in [9.17, 15) is 10.1 Å². The second kappa shape index (κ2) is 3.00. The molecule has 0 saturated heterocycles. The fourth-order valence-electron chi connectivity index (χ4n) is 0.812. The molecule has 62 valence electrons. The molecule has 0 fully saturated rings. The Hall–Kier alpha value is -1.91. The van der Waals surface area contributed by atoms with Crippen LogP contribution in [0.1, 0.15) is 5.56 Å². The van der Waals surface area contributed by atoms with E-state index < -0.39 is 10.7 Å². The predicted octanol–water partition coefficient (Wildman–Crippen LogP) is 1.30. The van der Waals surface area contributed by atoms with Crippen LogP contribution in [-0.2, 0) is 0 Å². The molecular formula is C7H6N2O3. The van der Waals surface area contributed by atoms with E-state index in [2.05, 4.69) is 0 Å². The molecule has 0 saturated carbocycles. The molecule has 0 aliphatic carbocycles. The third-order valence-electron chi connectivity index (χ3n) is 1.40. The minimum absolute atomic E-state index is 0.143. The number of nitro benzene ring substituents is 1. The molecule has 0 aromatic heterocycles. The topological polar surface area (TPSA) is 87.2 Å². The molecular weight excluding hydrogens is 160 g/mol. The molecule has 1 rings (SSSR count). The van der Waals surface area contributed by atoms with Crippen LogP contribution in [0.25, 0.3) is 0 Å². The lowest BCUT2D eigenvalue weighted by atomic mass is 10.2. The second-order valence-corrected chi connectivity index (χ2v) is 2.12. The number of hydrogen-bond donors (Lipinski definition) is 2. The van der Waals surface area contributed by atoms with Gasteiger partial charge in [0.2, 0.25) is 5.75 Å². The van der Waals surface area contributed by atoms with Gasteiger partial charge in [0, 0.05) is 17.8 Å². The first-order valence-electron chi connectivity index (χ1n) is 3.13. The molecule has 0 bridgehead atoms. The van der Waals surface area contributed by atoms with Crippen molar-refractivity contribution in [2.45, 2.75) is 0 Å². The molecule has 5 heteroatoms. The quantitative estimate of drug-likeness (QED) is 0.394. The summed E-state index contributed by atoms with van der Waals surface area (Å²) < 4.78 is 0. The molecule has 1 aromatic rings. The highest BCUT2D eigenvalue weighted by Gasteiger charge is 2.14. The van der Waals surface area contributed by atoms with E-state index in [1.54, 1.807) is 0 Å². The van der Waals surface area contributed by atoms with Crippen molar-refractivity contribution in [2.24, 2.45) is 0 Å². The number of aromatic hydroxyl groups is 1. The van der Waals surface area contributed by atoms with E-state index >= 15 is 0 Å². The van der Waals surface area contributed by atoms with Crippen molar-refractivity contribution in [2.75, 3.05) is 0 Å². The van der Waals surface area contributed by atoms with Crippen molar-refractivity contribution in [3.63, 3.8) is 0 Å². The summed E-state index contributed by atoms with van der Waals surface area (Å²) >= 11 is 0. The van der Waals surface area contributed by atoms with Crippen molar-refractivity contribution in [1.29, 1.82) is 5.41 Å². The highest BCUT2D eigenvalue weighted by molar-refractivity contribution is 5.83. The largest absolute Gasteiger partial charge is 0.502 e. The summed E-state index contributed by atoms with van der Waals surface area (Å²) in [6.07, 6.45) is 0.863. The molecule has 0 aliphatic rings. The van der Waals surface area contributed by atoms with Crippen molar-refractivity contribution in [3.8, 4) is 5.75 Å². The smallest absolute Gasteiger partial charge is 0.311 e. The number of phenols is 1. The van der Waals surface area contributed by atoms with E-state index in [1.165, 1.54) is 18.2 Å². The number of para-hydroxylation sites is 1. The zero-order chi connectivity index (χ0) is 9.14. The number of phenolic OH excluding ortho intramolecular Hbond substituents is 1. The van der Waals surface area contributed by atoms with Gasteiger partial charge < -0.3 is 10.5 Å². The van der Waals surface area contributed by atoms with Gasteiger partial charge in [-0.1, -0.05) is 6.07 Å². The van der Waals surface area contributed by atoms with Crippen LogP contribution in [0.2, 0.25) is 0 Å². The van der Waals surface area contributed by atoms with Crippen LogP contribution in [0, 0.1) is 15.5 Å². The third-order valence-corrected chi connectivity index (χ3v) is 1.40. The van der Waals surface area contributed by atoms with Crippen LogP contribution in [0.4, 0.5) is 5.69 Å². The van der Waals surface area contributed by atoms with E-state index in [1.807, 2.05) is 0 Å². The summed E-state index contributed by atoms with van der Waals surface area (Å²) in [6.45, 7) is 0. The molecule has 0 amide bonds. The second-order valence-electron chi connectivity index (χ2n) is 2.12. The van der Waals surface area contributed by atoms with E-state index in [0.717, 1.165) is 6.21 Å². The fourth-order valence-corrected chi connectivity index (χ4v) is 0.812. The number of benzene rings is 1. The summed E-state index contributed by atoms with van der Waals surface area (Å²) in [5.41, 5.74) is -0.236. The molecule has 5 nitrogen and oxygen atoms in total. The lowest BCUT2D eigenvalue weighted by Crippen LogP contribution is -1.90. The van der Waals surface area contributed by atoms with Gasteiger partial charge in [0.1, 0.15) is 0 Å². The highest BCUT2D eigenvalue weighted by atomic mass is 16.6. The maximum Gasteiger partial charge on any atom is 0.311 e. The lowest BCUT2D eigenvalue weighted by molar-refractivity contribution is -0.385. The van der Waals surface area contributed by atoms with Crippen LogP contribution in [0.5, 0.6) is 5.75 Å². The highest BCUT2D eigenvalue weighted by Crippen LogP contribution is 2.27. The van der Waals surface area contributed by atoms with Crippen LogP contribution in [0.15, 0.2) is 18.2 Å². The summed E-state index contributed by atoms with van der Waals surface area (Å²) in [5, 5.41) is 26.2. The van der Waals surface area contributed by atoms with E-state index in [4.69, 9.17) is 10.5 Å². The van der Waals surface area contributed by atoms with Gasteiger partial charge in [-0.15, -0.1) is 0 Å². The van der Waals surface area contributed by atoms with Crippen LogP contribution >= 0.6 is 0 Å². The minimum Gasteiger partial charge on any atom is -0.502 e. The zero-order valence-corrected chi connectivity index (χ0v) is 6.02. The average Bonchev–Trinajstić information content (AvgIpc) is 2.04. The first kappa shape index (κ1) is 8.19. The third kappa shape index (κ3) is 1.24. The Kier molecular flexibility index (Phi) is 2.05. The Balaban J connectivity index is 3.32. The van der Waals surface area contributed by atoms with Gasteiger partial charge in [0.15, 0.2) is 0 Å². The fraction of sp³-hybridized carbons (Fsp3) is 0. The maximum absolute atomic E-state index is 10.3. The van der Waals surface area contributed by atoms with Crippen molar-refractivity contribution in [1.82, 2.24) is 0 Å². The van der Waals surface area contributed by atoms with Crippen LogP contribution in [0.3, 0.4) is 0 Å². The summed E-state index contributed by atoms with van der Waals surface area (Å²) in [6, 6.07) is 4.02. The van der Waals surface area contributed by atoms with E-state index in [0.29, 0.717) is 0 Å².